The molecule has 0 aromatic heterocycles. The molecule has 1 fully saturated rings. The van der Waals surface area contributed by atoms with Gasteiger partial charge < -0.3 is 10.2 Å². The van der Waals surface area contributed by atoms with Gasteiger partial charge in [-0.1, -0.05) is 35.0 Å². The number of benzene rings is 2. The first-order valence-corrected chi connectivity index (χ1v) is 9.29. The van der Waals surface area contributed by atoms with Gasteiger partial charge in [0.2, 0.25) is 5.91 Å². The van der Waals surface area contributed by atoms with Crippen LogP contribution in [0.1, 0.15) is 25.3 Å². The van der Waals surface area contributed by atoms with Gasteiger partial charge in [0.25, 0.3) is 0 Å². The van der Waals surface area contributed by atoms with Crippen molar-refractivity contribution in [3.05, 3.63) is 58.6 Å². The zero-order chi connectivity index (χ0) is 16.9. The highest BCUT2D eigenvalue weighted by molar-refractivity contribution is 9.10. The smallest absolute Gasteiger partial charge is 0.228 e. The molecular weight excluding hydrogens is 364 g/mol. The van der Waals surface area contributed by atoms with Crippen LogP contribution in [0.25, 0.3) is 0 Å². The van der Waals surface area contributed by atoms with E-state index in [-0.39, 0.29) is 5.91 Å². The molecule has 1 N–H and O–H groups in total. The quantitative estimate of drug-likeness (QED) is 0.812. The second kappa shape index (κ2) is 7.84. The number of carbonyl (C=O) groups excluding carboxylic acids is 1. The van der Waals surface area contributed by atoms with Crippen molar-refractivity contribution in [2.45, 2.75) is 26.2 Å². The van der Waals surface area contributed by atoms with Crippen LogP contribution in [0.15, 0.2) is 53.0 Å². The second-order valence-corrected chi connectivity index (χ2v) is 7.51. The van der Waals surface area contributed by atoms with Crippen molar-refractivity contribution in [2.75, 3.05) is 23.3 Å². The Bertz CT molecular complexity index is 682. The average Bonchev–Trinajstić information content (AvgIpc) is 2.58. The van der Waals surface area contributed by atoms with Crippen molar-refractivity contribution in [3.63, 3.8) is 0 Å². The van der Waals surface area contributed by atoms with E-state index in [0.29, 0.717) is 6.42 Å². The molecule has 126 valence electrons. The van der Waals surface area contributed by atoms with Gasteiger partial charge in [-0.25, -0.2) is 0 Å². The summed E-state index contributed by atoms with van der Waals surface area (Å²) in [4.78, 5) is 14.6. The molecule has 1 amide bonds. The Labute approximate surface area is 152 Å². The third-order valence-corrected chi connectivity index (χ3v) is 4.98. The number of anilines is 2. The van der Waals surface area contributed by atoms with Crippen molar-refractivity contribution >= 4 is 33.2 Å². The summed E-state index contributed by atoms with van der Waals surface area (Å²) in [6.45, 7) is 4.55. The summed E-state index contributed by atoms with van der Waals surface area (Å²) in [5.74, 6) is 0.765. The van der Waals surface area contributed by atoms with E-state index in [4.69, 9.17) is 0 Å². The van der Waals surface area contributed by atoms with E-state index in [1.165, 1.54) is 18.5 Å². The van der Waals surface area contributed by atoms with Crippen LogP contribution in [0.5, 0.6) is 0 Å². The second-order valence-electron chi connectivity index (χ2n) is 6.59. The van der Waals surface area contributed by atoms with Gasteiger partial charge in [-0.3, -0.25) is 4.79 Å². The molecule has 0 bridgehead atoms. The Kier molecular flexibility index (Phi) is 5.56. The number of amides is 1. The molecule has 1 aliphatic heterocycles. The molecule has 0 saturated carbocycles. The highest BCUT2D eigenvalue weighted by Gasteiger charge is 2.16. The fourth-order valence-electron chi connectivity index (χ4n) is 3.17. The topological polar surface area (TPSA) is 32.3 Å². The minimum atomic E-state index is 0.0108. The lowest BCUT2D eigenvalue weighted by Crippen LogP contribution is -2.34. The number of rotatable bonds is 4. The van der Waals surface area contributed by atoms with Crippen LogP contribution in [0.2, 0.25) is 0 Å². The molecule has 2 aromatic carbocycles. The lowest BCUT2D eigenvalue weighted by atomic mass is 10.00. The Morgan fingerprint density at radius 1 is 1.17 bits per heavy atom. The third kappa shape index (κ3) is 4.60. The number of hydrogen-bond acceptors (Lipinski definition) is 2. The minimum absolute atomic E-state index is 0.0108. The van der Waals surface area contributed by atoms with Gasteiger partial charge in [-0.05, 0) is 60.7 Å². The summed E-state index contributed by atoms with van der Waals surface area (Å²) < 4.78 is 1.02. The molecule has 1 unspecified atom stereocenters. The summed E-state index contributed by atoms with van der Waals surface area (Å²) >= 11 is 3.40. The summed E-state index contributed by atoms with van der Waals surface area (Å²) in [6, 6.07) is 16.0. The van der Waals surface area contributed by atoms with E-state index in [9.17, 15) is 4.79 Å². The van der Waals surface area contributed by atoms with Gasteiger partial charge in [0.05, 0.1) is 6.42 Å². The van der Waals surface area contributed by atoms with Crippen molar-refractivity contribution in [2.24, 2.45) is 5.92 Å². The van der Waals surface area contributed by atoms with Gasteiger partial charge in [0.15, 0.2) is 0 Å². The first-order chi connectivity index (χ1) is 11.6. The normalized spacial score (nSPS) is 17.6. The van der Waals surface area contributed by atoms with E-state index in [1.54, 1.807) is 0 Å². The van der Waals surface area contributed by atoms with Crippen LogP contribution in [-0.4, -0.2) is 19.0 Å². The van der Waals surface area contributed by atoms with Crippen LogP contribution in [0.3, 0.4) is 0 Å². The number of piperidine rings is 1. The summed E-state index contributed by atoms with van der Waals surface area (Å²) in [5, 5.41) is 2.97. The van der Waals surface area contributed by atoms with Crippen LogP contribution in [-0.2, 0) is 11.2 Å². The van der Waals surface area contributed by atoms with Gasteiger partial charge in [0.1, 0.15) is 0 Å². The fraction of sp³-hybridized carbons (Fsp3) is 0.350. The number of nitrogens with zero attached hydrogens (tertiary/aromatic N) is 1. The highest BCUT2D eigenvalue weighted by Crippen LogP contribution is 2.24. The molecule has 0 spiro atoms. The van der Waals surface area contributed by atoms with Crippen molar-refractivity contribution < 1.29 is 4.79 Å². The summed E-state index contributed by atoms with van der Waals surface area (Å²) in [7, 11) is 0. The van der Waals surface area contributed by atoms with Crippen molar-refractivity contribution in [1.29, 1.82) is 0 Å². The number of halogens is 1. The molecule has 1 aliphatic rings. The first kappa shape index (κ1) is 17.0. The molecule has 1 heterocycles. The monoisotopic (exact) mass is 386 g/mol. The number of hydrogen-bond donors (Lipinski definition) is 1. The molecule has 1 atom stereocenters. The van der Waals surface area contributed by atoms with Crippen LogP contribution < -0.4 is 10.2 Å². The SMILES string of the molecule is CC1CCCN(c2ccc(NC(=O)Cc3ccc(Br)cc3)cc2)C1. The van der Waals surface area contributed by atoms with Gasteiger partial charge >= 0.3 is 0 Å². The van der Waals surface area contributed by atoms with Gasteiger partial charge in [-0.15, -0.1) is 0 Å². The molecule has 4 heteroatoms. The largest absolute Gasteiger partial charge is 0.371 e. The maximum atomic E-state index is 12.2. The molecular formula is C20H23BrN2O. The Balaban J connectivity index is 1.57. The van der Waals surface area contributed by atoms with E-state index in [2.05, 4.69) is 45.2 Å². The first-order valence-electron chi connectivity index (χ1n) is 8.49. The summed E-state index contributed by atoms with van der Waals surface area (Å²) in [5.41, 5.74) is 3.10. The Hall–Kier alpha value is -1.81. The molecule has 3 nitrogen and oxygen atoms in total. The maximum Gasteiger partial charge on any atom is 0.228 e. The molecule has 2 aromatic rings. The predicted octanol–water partition coefficient (Wildman–Crippen LogP) is 4.87. The molecule has 24 heavy (non-hydrogen) atoms. The third-order valence-electron chi connectivity index (χ3n) is 4.45. The Morgan fingerprint density at radius 2 is 1.88 bits per heavy atom. The zero-order valence-corrected chi connectivity index (χ0v) is 15.6. The van der Waals surface area contributed by atoms with Crippen molar-refractivity contribution in [3.8, 4) is 0 Å². The molecule has 0 radical (unpaired) electrons. The number of carbonyl (C=O) groups is 1. The van der Waals surface area contributed by atoms with Gasteiger partial charge in [-0.2, -0.15) is 0 Å². The summed E-state index contributed by atoms with van der Waals surface area (Å²) in [6.07, 6.45) is 2.96. The average molecular weight is 387 g/mol. The van der Waals surface area contributed by atoms with E-state index in [1.807, 2.05) is 36.4 Å². The van der Waals surface area contributed by atoms with Crippen molar-refractivity contribution in [1.82, 2.24) is 0 Å². The van der Waals surface area contributed by atoms with Gasteiger partial charge in [0, 0.05) is 28.9 Å². The van der Waals surface area contributed by atoms with Crippen LogP contribution in [0, 0.1) is 5.92 Å². The molecule has 0 aliphatic carbocycles. The standard InChI is InChI=1S/C20H23BrN2O/c1-15-3-2-12-23(14-15)19-10-8-18(9-11-19)22-20(24)13-16-4-6-17(21)7-5-16/h4-11,15H,2-3,12-14H2,1H3,(H,22,24). The van der Waals surface area contributed by atoms with E-state index < -0.39 is 0 Å². The maximum absolute atomic E-state index is 12.2. The van der Waals surface area contributed by atoms with Crippen LogP contribution >= 0.6 is 15.9 Å². The lowest BCUT2D eigenvalue weighted by Gasteiger charge is -2.32. The van der Waals surface area contributed by atoms with Crippen LogP contribution in [0.4, 0.5) is 11.4 Å². The van der Waals surface area contributed by atoms with E-state index in [0.717, 1.165) is 34.7 Å². The predicted molar refractivity (Wildman–Crippen MR) is 104 cm³/mol. The van der Waals surface area contributed by atoms with E-state index >= 15 is 0 Å². The Morgan fingerprint density at radius 3 is 2.54 bits per heavy atom. The number of nitrogens with one attached hydrogen (secondary N) is 1. The fourth-order valence-corrected chi connectivity index (χ4v) is 3.44. The minimum Gasteiger partial charge on any atom is -0.371 e. The zero-order valence-electron chi connectivity index (χ0n) is 14.0. The molecule has 1 saturated heterocycles. The highest BCUT2D eigenvalue weighted by atomic mass is 79.9. The molecule has 3 rings (SSSR count). The lowest BCUT2D eigenvalue weighted by molar-refractivity contribution is -0.115.